The Bertz CT molecular complexity index is 567. The van der Waals surface area contributed by atoms with Crippen molar-refractivity contribution in [2.24, 2.45) is 0 Å². The van der Waals surface area contributed by atoms with Gasteiger partial charge in [0.2, 0.25) is 0 Å². The van der Waals surface area contributed by atoms with E-state index in [0.29, 0.717) is 12.1 Å². The predicted octanol–water partition coefficient (Wildman–Crippen LogP) is 3.52. The number of para-hydroxylation sites is 1. The molecule has 0 aliphatic carbocycles. The van der Waals surface area contributed by atoms with Crippen LogP contribution in [-0.2, 0) is 6.54 Å². The molecule has 92 valence electrons. The van der Waals surface area contributed by atoms with Crippen LogP contribution < -0.4 is 5.32 Å². The van der Waals surface area contributed by atoms with Crippen LogP contribution in [0.1, 0.15) is 11.1 Å². The van der Waals surface area contributed by atoms with Gasteiger partial charge >= 0.3 is 0 Å². The van der Waals surface area contributed by atoms with Crippen LogP contribution in [0.25, 0.3) is 0 Å². The second-order valence-electron chi connectivity index (χ2n) is 4.11. The van der Waals surface area contributed by atoms with Crippen LogP contribution in [0.3, 0.4) is 0 Å². The predicted molar refractivity (Wildman–Crippen MR) is 71.6 cm³/mol. The van der Waals surface area contributed by atoms with Gasteiger partial charge in [0.1, 0.15) is 0 Å². The minimum Gasteiger partial charge on any atom is -0.381 e. The van der Waals surface area contributed by atoms with Crippen LogP contribution in [-0.4, -0.2) is 4.92 Å². The maximum Gasteiger partial charge on any atom is 0.274 e. The van der Waals surface area contributed by atoms with Crippen molar-refractivity contribution in [2.45, 2.75) is 13.5 Å². The third kappa shape index (κ3) is 2.85. The highest BCUT2D eigenvalue weighted by atomic mass is 16.6. The van der Waals surface area contributed by atoms with Crippen LogP contribution in [0.15, 0.2) is 48.5 Å². The highest BCUT2D eigenvalue weighted by Gasteiger charge is 2.11. The molecule has 4 nitrogen and oxygen atoms in total. The van der Waals surface area contributed by atoms with E-state index >= 15 is 0 Å². The number of rotatable bonds is 4. The molecule has 0 fully saturated rings. The molecule has 2 aromatic carbocycles. The van der Waals surface area contributed by atoms with Crippen molar-refractivity contribution in [3.05, 3.63) is 69.8 Å². The SMILES string of the molecule is Cc1cccc(NCc2ccccc2[N+](=O)[O-])c1. The van der Waals surface area contributed by atoms with Gasteiger partial charge in [-0.3, -0.25) is 10.1 Å². The van der Waals surface area contributed by atoms with Crippen LogP contribution in [0.4, 0.5) is 11.4 Å². The van der Waals surface area contributed by atoms with Crippen LogP contribution in [0.5, 0.6) is 0 Å². The number of nitrogens with one attached hydrogen (secondary N) is 1. The van der Waals surface area contributed by atoms with Gasteiger partial charge in [0.05, 0.1) is 4.92 Å². The Morgan fingerprint density at radius 2 is 1.94 bits per heavy atom. The number of nitro groups is 1. The van der Waals surface area contributed by atoms with E-state index in [4.69, 9.17) is 0 Å². The van der Waals surface area contributed by atoms with Crippen molar-refractivity contribution in [1.29, 1.82) is 0 Å². The standard InChI is InChI=1S/C14H14N2O2/c1-11-5-4-7-13(9-11)15-10-12-6-2-3-8-14(12)16(17)18/h2-9,15H,10H2,1H3. The van der Waals surface area contributed by atoms with E-state index in [0.717, 1.165) is 11.3 Å². The molecule has 0 amide bonds. The number of aryl methyl sites for hydroxylation is 1. The molecule has 0 spiro atoms. The zero-order valence-electron chi connectivity index (χ0n) is 10.1. The highest BCUT2D eigenvalue weighted by molar-refractivity contribution is 5.48. The van der Waals surface area contributed by atoms with Crippen molar-refractivity contribution < 1.29 is 4.92 Å². The quantitative estimate of drug-likeness (QED) is 0.659. The Morgan fingerprint density at radius 1 is 1.17 bits per heavy atom. The molecule has 0 heterocycles. The molecule has 18 heavy (non-hydrogen) atoms. The van der Waals surface area contributed by atoms with Gasteiger partial charge in [-0.25, -0.2) is 0 Å². The number of anilines is 1. The van der Waals surface area contributed by atoms with Gasteiger partial charge < -0.3 is 5.32 Å². The number of hydrogen-bond donors (Lipinski definition) is 1. The minimum absolute atomic E-state index is 0.151. The molecular formula is C14H14N2O2. The lowest BCUT2D eigenvalue weighted by Crippen LogP contribution is -2.02. The first kappa shape index (κ1) is 12.1. The molecule has 0 aliphatic heterocycles. The summed E-state index contributed by atoms with van der Waals surface area (Å²) in [6.45, 7) is 2.46. The molecule has 0 aromatic heterocycles. The summed E-state index contributed by atoms with van der Waals surface area (Å²) in [6.07, 6.45) is 0. The lowest BCUT2D eigenvalue weighted by molar-refractivity contribution is -0.385. The van der Waals surface area contributed by atoms with Crippen molar-refractivity contribution in [2.75, 3.05) is 5.32 Å². The fourth-order valence-corrected chi connectivity index (χ4v) is 1.79. The summed E-state index contributed by atoms with van der Waals surface area (Å²) >= 11 is 0. The van der Waals surface area contributed by atoms with E-state index < -0.39 is 0 Å². The van der Waals surface area contributed by atoms with Gasteiger partial charge in [0.15, 0.2) is 0 Å². The average Bonchev–Trinajstić information content (AvgIpc) is 2.37. The molecule has 0 radical (unpaired) electrons. The molecule has 0 aliphatic rings. The second-order valence-corrected chi connectivity index (χ2v) is 4.11. The second kappa shape index (κ2) is 5.31. The molecule has 4 heteroatoms. The van der Waals surface area contributed by atoms with Crippen molar-refractivity contribution >= 4 is 11.4 Å². The molecule has 1 N–H and O–H groups in total. The minimum atomic E-state index is -0.354. The highest BCUT2D eigenvalue weighted by Crippen LogP contribution is 2.19. The van der Waals surface area contributed by atoms with Gasteiger partial charge in [-0.2, -0.15) is 0 Å². The largest absolute Gasteiger partial charge is 0.381 e. The van der Waals surface area contributed by atoms with Gasteiger partial charge in [0.25, 0.3) is 5.69 Å². The third-order valence-corrected chi connectivity index (χ3v) is 2.69. The summed E-state index contributed by atoms with van der Waals surface area (Å²) < 4.78 is 0. The van der Waals surface area contributed by atoms with Crippen molar-refractivity contribution in [3.63, 3.8) is 0 Å². The molecule has 2 rings (SSSR count). The maximum absolute atomic E-state index is 10.9. The number of benzene rings is 2. The number of nitrogens with zero attached hydrogens (tertiary/aromatic N) is 1. The van der Waals surface area contributed by atoms with Gasteiger partial charge in [-0.15, -0.1) is 0 Å². The van der Waals surface area contributed by atoms with E-state index in [1.165, 1.54) is 6.07 Å². The molecule has 2 aromatic rings. The summed E-state index contributed by atoms with van der Waals surface area (Å²) in [7, 11) is 0. The number of nitro benzene ring substituents is 1. The lowest BCUT2D eigenvalue weighted by Gasteiger charge is -2.07. The zero-order valence-corrected chi connectivity index (χ0v) is 10.1. The molecule has 0 unspecified atom stereocenters. The van der Waals surface area contributed by atoms with E-state index in [9.17, 15) is 10.1 Å². The Balaban J connectivity index is 2.13. The normalized spacial score (nSPS) is 10.1. The first-order valence-electron chi connectivity index (χ1n) is 5.69. The van der Waals surface area contributed by atoms with Gasteiger partial charge in [-0.05, 0) is 24.6 Å². The summed E-state index contributed by atoms with van der Waals surface area (Å²) in [6, 6.07) is 14.7. The Kier molecular flexibility index (Phi) is 3.57. The third-order valence-electron chi connectivity index (χ3n) is 2.69. The van der Waals surface area contributed by atoms with Crippen molar-refractivity contribution in [1.82, 2.24) is 0 Å². The first-order chi connectivity index (χ1) is 8.66. The zero-order chi connectivity index (χ0) is 13.0. The van der Waals surface area contributed by atoms with Crippen molar-refractivity contribution in [3.8, 4) is 0 Å². The average molecular weight is 242 g/mol. The van der Waals surface area contributed by atoms with Crippen LogP contribution in [0.2, 0.25) is 0 Å². The molecular weight excluding hydrogens is 228 g/mol. The topological polar surface area (TPSA) is 55.2 Å². The van der Waals surface area contributed by atoms with E-state index in [1.807, 2.05) is 31.2 Å². The lowest BCUT2D eigenvalue weighted by atomic mass is 10.1. The Labute approximate surface area is 105 Å². The molecule has 0 atom stereocenters. The molecule has 0 bridgehead atoms. The van der Waals surface area contributed by atoms with E-state index in [2.05, 4.69) is 5.32 Å². The van der Waals surface area contributed by atoms with Crippen LogP contribution >= 0.6 is 0 Å². The number of hydrogen-bond acceptors (Lipinski definition) is 3. The van der Waals surface area contributed by atoms with E-state index in [-0.39, 0.29) is 10.6 Å². The summed E-state index contributed by atoms with van der Waals surface area (Å²) in [5, 5.41) is 14.1. The molecule has 0 saturated carbocycles. The first-order valence-corrected chi connectivity index (χ1v) is 5.69. The van der Waals surface area contributed by atoms with Gasteiger partial charge in [0, 0.05) is 23.9 Å². The smallest absolute Gasteiger partial charge is 0.274 e. The molecule has 0 saturated heterocycles. The Hall–Kier alpha value is -2.36. The fourth-order valence-electron chi connectivity index (χ4n) is 1.79. The van der Waals surface area contributed by atoms with E-state index in [1.54, 1.807) is 18.2 Å². The summed E-state index contributed by atoms with van der Waals surface area (Å²) in [5.41, 5.74) is 2.96. The monoisotopic (exact) mass is 242 g/mol. The van der Waals surface area contributed by atoms with Crippen LogP contribution in [0, 0.1) is 17.0 Å². The maximum atomic E-state index is 10.9. The Morgan fingerprint density at radius 3 is 2.67 bits per heavy atom. The summed E-state index contributed by atoms with van der Waals surface area (Å²) in [4.78, 5) is 10.5. The van der Waals surface area contributed by atoms with Gasteiger partial charge in [-0.1, -0.05) is 30.3 Å². The summed E-state index contributed by atoms with van der Waals surface area (Å²) in [5.74, 6) is 0. The fraction of sp³-hybridized carbons (Fsp3) is 0.143.